The molecule has 0 bridgehead atoms. The van der Waals surface area contributed by atoms with E-state index in [0.29, 0.717) is 34.3 Å². The van der Waals surface area contributed by atoms with Crippen LogP contribution >= 0.6 is 0 Å². The third kappa shape index (κ3) is 3.28. The summed E-state index contributed by atoms with van der Waals surface area (Å²) < 4.78 is 14.9. The van der Waals surface area contributed by atoms with Crippen LogP contribution in [0.15, 0.2) is 46.0 Å². The number of aryl methyl sites for hydroxylation is 2. The van der Waals surface area contributed by atoms with E-state index >= 15 is 0 Å². The maximum atomic E-state index is 13.6. The molecule has 6 nitrogen and oxygen atoms in total. The van der Waals surface area contributed by atoms with Crippen molar-refractivity contribution in [1.29, 1.82) is 0 Å². The lowest BCUT2D eigenvalue weighted by Gasteiger charge is -2.10. The van der Waals surface area contributed by atoms with Crippen molar-refractivity contribution in [3.63, 3.8) is 0 Å². The number of fused-ring (bicyclic) bond motifs is 1. The normalized spacial score (nSPS) is 10.9. The summed E-state index contributed by atoms with van der Waals surface area (Å²) in [5.41, 5.74) is 1.13. The zero-order valence-electron chi connectivity index (χ0n) is 14.4. The van der Waals surface area contributed by atoms with Crippen molar-refractivity contribution >= 4 is 16.9 Å². The second-order valence-corrected chi connectivity index (χ2v) is 6.00. The Hall–Kier alpha value is -3.22. The lowest BCUT2D eigenvalue weighted by Crippen LogP contribution is -2.36. The van der Waals surface area contributed by atoms with Crippen molar-refractivity contribution in [3.8, 4) is 0 Å². The predicted molar refractivity (Wildman–Crippen MR) is 96.8 cm³/mol. The summed E-state index contributed by atoms with van der Waals surface area (Å²) in [6.07, 6.45) is 0. The second kappa shape index (κ2) is 6.95. The van der Waals surface area contributed by atoms with Crippen LogP contribution in [0.25, 0.3) is 11.0 Å². The summed E-state index contributed by atoms with van der Waals surface area (Å²) in [4.78, 5) is 38.4. The number of rotatable bonds is 4. The highest BCUT2D eigenvalue weighted by atomic mass is 19.1. The van der Waals surface area contributed by atoms with Gasteiger partial charge in [-0.1, -0.05) is 12.1 Å². The molecule has 0 atom stereocenters. The fraction of sp³-hybridized carbons (Fsp3) is 0.211. The van der Waals surface area contributed by atoms with E-state index in [2.05, 4.69) is 10.3 Å². The highest BCUT2D eigenvalue weighted by Gasteiger charge is 2.11. The number of carbonyl (C=O) groups excluding carboxylic acids is 1. The molecule has 2 N–H and O–H groups in total. The minimum Gasteiger partial charge on any atom is -0.348 e. The molecule has 1 heterocycles. The molecule has 26 heavy (non-hydrogen) atoms. The monoisotopic (exact) mass is 355 g/mol. The third-order valence-corrected chi connectivity index (χ3v) is 4.24. The molecule has 1 aromatic heterocycles. The van der Waals surface area contributed by atoms with Gasteiger partial charge in [0.05, 0.1) is 11.0 Å². The average molecular weight is 355 g/mol. The molecule has 1 amide bonds. The van der Waals surface area contributed by atoms with Gasteiger partial charge >= 0.3 is 11.1 Å². The number of aromatic amines is 1. The van der Waals surface area contributed by atoms with Crippen LogP contribution in [0.2, 0.25) is 0 Å². The number of halogens is 1. The highest BCUT2D eigenvalue weighted by Crippen LogP contribution is 2.13. The lowest BCUT2D eigenvalue weighted by molar-refractivity contribution is 0.0951. The minimum atomic E-state index is -0.730. The molecule has 0 unspecified atom stereocenters. The topological polar surface area (TPSA) is 84.0 Å². The number of carbonyl (C=O) groups is 1. The van der Waals surface area contributed by atoms with Gasteiger partial charge in [0.25, 0.3) is 5.91 Å². The first-order chi connectivity index (χ1) is 12.4. The maximum Gasteiger partial charge on any atom is 0.316 e. The van der Waals surface area contributed by atoms with E-state index in [0.717, 1.165) is 0 Å². The highest BCUT2D eigenvalue weighted by molar-refractivity contribution is 5.97. The van der Waals surface area contributed by atoms with Gasteiger partial charge in [-0.05, 0) is 49.2 Å². The number of nitrogens with zero attached hydrogens (tertiary/aromatic N) is 1. The Morgan fingerprint density at radius 3 is 2.65 bits per heavy atom. The van der Waals surface area contributed by atoms with Crippen LogP contribution in [-0.2, 0) is 13.1 Å². The Bertz CT molecular complexity index is 1120. The van der Waals surface area contributed by atoms with Crippen LogP contribution in [0.4, 0.5) is 4.39 Å². The summed E-state index contributed by atoms with van der Waals surface area (Å²) in [7, 11) is 0. The maximum absolute atomic E-state index is 13.6. The largest absolute Gasteiger partial charge is 0.348 e. The Labute approximate surface area is 148 Å². The average Bonchev–Trinajstić information content (AvgIpc) is 2.63. The fourth-order valence-electron chi connectivity index (χ4n) is 2.77. The van der Waals surface area contributed by atoms with Crippen LogP contribution in [0, 0.1) is 12.7 Å². The molecule has 2 aromatic carbocycles. The van der Waals surface area contributed by atoms with Crippen LogP contribution < -0.4 is 16.4 Å². The number of hydrogen-bond acceptors (Lipinski definition) is 3. The fourth-order valence-corrected chi connectivity index (χ4v) is 2.77. The summed E-state index contributed by atoms with van der Waals surface area (Å²) in [6, 6.07) is 9.51. The summed E-state index contributed by atoms with van der Waals surface area (Å²) in [5.74, 6) is -0.680. The van der Waals surface area contributed by atoms with Crippen molar-refractivity contribution in [2.45, 2.75) is 26.9 Å². The van der Waals surface area contributed by atoms with Crippen LogP contribution in [0.3, 0.4) is 0 Å². The number of amides is 1. The van der Waals surface area contributed by atoms with Gasteiger partial charge in [-0.3, -0.25) is 14.4 Å². The van der Waals surface area contributed by atoms with Gasteiger partial charge in [0.15, 0.2) is 0 Å². The van der Waals surface area contributed by atoms with E-state index < -0.39 is 11.1 Å². The molecule has 0 aliphatic carbocycles. The minimum absolute atomic E-state index is 0.180. The summed E-state index contributed by atoms with van der Waals surface area (Å²) in [6.45, 7) is 3.97. The Morgan fingerprint density at radius 1 is 1.19 bits per heavy atom. The van der Waals surface area contributed by atoms with Gasteiger partial charge < -0.3 is 14.9 Å². The van der Waals surface area contributed by atoms with Gasteiger partial charge in [-0.15, -0.1) is 0 Å². The molecule has 0 aliphatic heterocycles. The second-order valence-electron chi connectivity index (χ2n) is 6.00. The summed E-state index contributed by atoms with van der Waals surface area (Å²) >= 11 is 0. The zero-order valence-corrected chi connectivity index (χ0v) is 14.4. The van der Waals surface area contributed by atoms with E-state index in [1.807, 2.05) is 0 Å². The molecular weight excluding hydrogens is 337 g/mol. The van der Waals surface area contributed by atoms with Gasteiger partial charge in [0.2, 0.25) is 0 Å². The number of nitrogens with one attached hydrogen (secondary N) is 2. The van der Waals surface area contributed by atoms with Crippen LogP contribution in [0.1, 0.15) is 28.4 Å². The van der Waals surface area contributed by atoms with Crippen molar-refractivity contribution in [3.05, 3.63) is 79.6 Å². The van der Waals surface area contributed by atoms with E-state index in [1.165, 1.54) is 16.7 Å². The van der Waals surface area contributed by atoms with Gasteiger partial charge in [-0.2, -0.15) is 0 Å². The molecule has 0 fully saturated rings. The molecule has 0 saturated heterocycles. The number of hydrogen-bond donors (Lipinski definition) is 2. The first-order valence-corrected chi connectivity index (χ1v) is 8.21. The Kier molecular flexibility index (Phi) is 4.71. The van der Waals surface area contributed by atoms with E-state index in [-0.39, 0.29) is 18.3 Å². The molecule has 0 spiro atoms. The van der Waals surface area contributed by atoms with E-state index in [1.54, 1.807) is 38.1 Å². The predicted octanol–water partition coefficient (Wildman–Crippen LogP) is 2.09. The Balaban J connectivity index is 1.86. The van der Waals surface area contributed by atoms with Gasteiger partial charge in [0.1, 0.15) is 5.82 Å². The molecular formula is C19H18FN3O3. The lowest BCUT2D eigenvalue weighted by atomic mass is 10.1. The van der Waals surface area contributed by atoms with Crippen LogP contribution in [0.5, 0.6) is 0 Å². The third-order valence-electron chi connectivity index (χ3n) is 4.24. The van der Waals surface area contributed by atoms with E-state index in [9.17, 15) is 18.8 Å². The van der Waals surface area contributed by atoms with E-state index in [4.69, 9.17) is 0 Å². The number of H-pyrrole nitrogens is 1. The molecule has 7 heteroatoms. The molecule has 3 aromatic rings. The number of aromatic nitrogens is 2. The first-order valence-electron chi connectivity index (χ1n) is 8.21. The van der Waals surface area contributed by atoms with Crippen molar-refractivity contribution < 1.29 is 9.18 Å². The SMILES string of the molecule is CCn1c(=O)c(=O)[nH]c2cc(C(=O)NCc3ccc(C)c(F)c3)ccc21. The number of benzene rings is 2. The smallest absolute Gasteiger partial charge is 0.316 e. The molecule has 0 saturated carbocycles. The Morgan fingerprint density at radius 2 is 1.96 bits per heavy atom. The molecule has 0 radical (unpaired) electrons. The molecule has 0 aliphatic rings. The quantitative estimate of drug-likeness (QED) is 0.703. The zero-order chi connectivity index (χ0) is 18.8. The van der Waals surface area contributed by atoms with Crippen LogP contribution in [-0.4, -0.2) is 15.5 Å². The summed E-state index contributed by atoms with van der Waals surface area (Å²) in [5, 5.41) is 2.72. The molecule has 134 valence electrons. The van der Waals surface area contributed by atoms with Crippen molar-refractivity contribution in [2.24, 2.45) is 0 Å². The standard InChI is InChI=1S/C19H18FN3O3/c1-3-23-16-7-6-13(9-15(16)22-18(25)19(23)26)17(24)21-10-12-5-4-11(2)14(20)8-12/h4-9H,3,10H2,1-2H3,(H,21,24)(H,22,25). The van der Waals surface area contributed by atoms with Gasteiger partial charge in [0, 0.05) is 18.7 Å². The van der Waals surface area contributed by atoms with Gasteiger partial charge in [-0.25, -0.2) is 4.39 Å². The first kappa shape index (κ1) is 17.6. The van der Waals surface area contributed by atoms with Crippen molar-refractivity contribution in [1.82, 2.24) is 14.9 Å². The van der Waals surface area contributed by atoms with Crippen molar-refractivity contribution in [2.75, 3.05) is 0 Å². The molecule has 3 rings (SSSR count).